The number of piperazine rings is 1. The molecule has 1 atom stereocenters. The van der Waals surface area contributed by atoms with Crippen LogP contribution in [0.5, 0.6) is 0 Å². The van der Waals surface area contributed by atoms with Crippen LogP contribution in [-0.4, -0.2) is 71.1 Å². The van der Waals surface area contributed by atoms with Crippen LogP contribution in [0.1, 0.15) is 42.8 Å². The Morgan fingerprint density at radius 1 is 1.21 bits per heavy atom. The fourth-order valence-corrected chi connectivity index (χ4v) is 4.44. The average Bonchev–Trinajstić information content (AvgIpc) is 3.08. The summed E-state index contributed by atoms with van der Waals surface area (Å²) in [6.45, 7) is 10.7. The molecule has 0 aromatic carbocycles. The number of aryl methyl sites for hydroxylation is 2. The summed E-state index contributed by atoms with van der Waals surface area (Å²) in [4.78, 5) is 19.8. The minimum absolute atomic E-state index is 0.00341. The zero-order chi connectivity index (χ0) is 20.4. The molecule has 2 aromatic rings. The van der Waals surface area contributed by atoms with Crippen molar-refractivity contribution in [3.63, 3.8) is 0 Å². The second-order valence-corrected chi connectivity index (χ2v) is 8.34. The first-order chi connectivity index (χ1) is 14.0. The molecule has 0 bridgehead atoms. The van der Waals surface area contributed by atoms with Crippen molar-refractivity contribution in [3.05, 3.63) is 39.6 Å². The van der Waals surface area contributed by atoms with Gasteiger partial charge in [0.05, 0.1) is 23.6 Å². The van der Waals surface area contributed by atoms with Crippen LogP contribution in [0.2, 0.25) is 0 Å². The van der Waals surface area contributed by atoms with Gasteiger partial charge in [-0.2, -0.15) is 5.10 Å². The Kier molecular flexibility index (Phi) is 6.01. The van der Waals surface area contributed by atoms with E-state index in [1.165, 1.54) is 5.56 Å². The molecule has 29 heavy (non-hydrogen) atoms. The summed E-state index contributed by atoms with van der Waals surface area (Å²) in [7, 11) is 2.13. The number of rotatable bonds is 5. The number of aromatic nitrogens is 3. The summed E-state index contributed by atoms with van der Waals surface area (Å²) in [6, 6.07) is 1.87. The van der Waals surface area contributed by atoms with Crippen molar-refractivity contribution in [1.82, 2.24) is 24.7 Å². The molecule has 8 nitrogen and oxygen atoms in total. The van der Waals surface area contributed by atoms with Gasteiger partial charge in [0.25, 0.3) is 5.56 Å². The highest BCUT2D eigenvalue weighted by atomic mass is 16.5. The summed E-state index contributed by atoms with van der Waals surface area (Å²) < 4.78 is 7.07. The van der Waals surface area contributed by atoms with Crippen molar-refractivity contribution in [2.24, 2.45) is 0 Å². The third-order valence-electron chi connectivity index (χ3n) is 6.29. The van der Waals surface area contributed by atoms with E-state index >= 15 is 0 Å². The molecule has 0 amide bonds. The van der Waals surface area contributed by atoms with Gasteiger partial charge >= 0.3 is 0 Å². The number of likely N-dealkylation sites (N-methyl/N-ethyl adjacent to an activating group) is 1. The molecule has 0 radical (unpaired) electrons. The summed E-state index contributed by atoms with van der Waals surface area (Å²) in [5, 5.41) is 8.74. The lowest BCUT2D eigenvalue weighted by Crippen LogP contribution is -2.45. The van der Waals surface area contributed by atoms with E-state index in [0.717, 1.165) is 82.2 Å². The average molecular weight is 401 g/mol. The van der Waals surface area contributed by atoms with E-state index in [1.54, 1.807) is 10.7 Å². The molecule has 2 aliphatic heterocycles. The highest BCUT2D eigenvalue weighted by Crippen LogP contribution is 2.24. The summed E-state index contributed by atoms with van der Waals surface area (Å²) >= 11 is 0. The molecule has 2 aromatic heterocycles. The maximum atomic E-state index is 12.8. The minimum Gasteiger partial charge on any atom is -0.368 e. The first kappa shape index (κ1) is 20.1. The zero-order valence-electron chi connectivity index (χ0n) is 17.8. The third kappa shape index (κ3) is 4.38. The molecule has 0 N–H and O–H groups in total. The smallest absolute Gasteiger partial charge is 0.269 e. The van der Waals surface area contributed by atoms with Crippen LogP contribution in [0.4, 0.5) is 5.69 Å². The Morgan fingerprint density at radius 3 is 2.72 bits per heavy atom. The predicted molar refractivity (Wildman–Crippen MR) is 112 cm³/mol. The van der Waals surface area contributed by atoms with Gasteiger partial charge in [0, 0.05) is 50.9 Å². The van der Waals surface area contributed by atoms with Crippen LogP contribution in [0.15, 0.2) is 21.6 Å². The van der Waals surface area contributed by atoms with Gasteiger partial charge in [-0.05, 0) is 39.8 Å². The normalized spacial score (nSPS) is 21.6. The Labute approximate surface area is 172 Å². The molecule has 8 heteroatoms. The molecular formula is C21H32N6O2. The molecule has 2 aliphatic rings. The maximum absolute atomic E-state index is 12.8. The van der Waals surface area contributed by atoms with Gasteiger partial charge in [-0.25, -0.2) is 4.68 Å². The van der Waals surface area contributed by atoms with E-state index in [-0.39, 0.29) is 11.6 Å². The zero-order valence-corrected chi connectivity index (χ0v) is 17.8. The molecule has 1 unspecified atom stereocenters. The van der Waals surface area contributed by atoms with Crippen LogP contribution in [0.3, 0.4) is 0 Å². The topological polar surface area (TPSA) is 70.6 Å². The van der Waals surface area contributed by atoms with Crippen LogP contribution < -0.4 is 10.5 Å². The van der Waals surface area contributed by atoms with Gasteiger partial charge in [-0.3, -0.25) is 9.69 Å². The Hall–Kier alpha value is -2.19. The first-order valence-corrected chi connectivity index (χ1v) is 10.7. The van der Waals surface area contributed by atoms with Crippen molar-refractivity contribution in [1.29, 1.82) is 0 Å². The maximum Gasteiger partial charge on any atom is 0.269 e. The monoisotopic (exact) mass is 400 g/mol. The number of anilines is 1. The lowest BCUT2D eigenvalue weighted by Gasteiger charge is -2.35. The van der Waals surface area contributed by atoms with E-state index < -0.39 is 0 Å². The van der Waals surface area contributed by atoms with Gasteiger partial charge < -0.3 is 14.3 Å². The fraction of sp³-hybridized carbons (Fsp3) is 0.667. The van der Waals surface area contributed by atoms with Crippen molar-refractivity contribution in [2.75, 3.05) is 51.2 Å². The lowest BCUT2D eigenvalue weighted by molar-refractivity contribution is 0.159. The van der Waals surface area contributed by atoms with Crippen LogP contribution in [-0.2, 0) is 13.0 Å². The van der Waals surface area contributed by atoms with Gasteiger partial charge in [0.1, 0.15) is 5.76 Å². The SMILES string of the molecule is CCc1noc(C)c1CN1CCCC(n2ncc(N3CCN(C)CC3)cc2=O)C1. The van der Waals surface area contributed by atoms with Crippen molar-refractivity contribution in [3.8, 4) is 0 Å². The van der Waals surface area contributed by atoms with Crippen molar-refractivity contribution in [2.45, 2.75) is 45.7 Å². The number of piperidine rings is 1. The second-order valence-electron chi connectivity index (χ2n) is 8.34. The van der Waals surface area contributed by atoms with Gasteiger partial charge in [-0.15, -0.1) is 0 Å². The number of hydrogen-bond acceptors (Lipinski definition) is 7. The van der Waals surface area contributed by atoms with Crippen LogP contribution in [0, 0.1) is 6.92 Å². The minimum atomic E-state index is 0.00341. The standard InChI is InChI=1S/C21H32N6O2/c1-4-20-19(16(2)29-23-20)15-25-7-5-6-17(14-25)27-21(28)12-18(13-22-27)26-10-8-24(3)9-11-26/h12-13,17H,4-11,14-15H2,1-3H3. The predicted octanol–water partition coefficient (Wildman–Crippen LogP) is 1.69. The summed E-state index contributed by atoms with van der Waals surface area (Å²) in [5.74, 6) is 0.899. The fourth-order valence-electron chi connectivity index (χ4n) is 4.44. The highest BCUT2D eigenvalue weighted by molar-refractivity contribution is 5.43. The van der Waals surface area contributed by atoms with Gasteiger partial charge in [-0.1, -0.05) is 12.1 Å². The number of likely N-dealkylation sites (tertiary alicyclic amines) is 1. The van der Waals surface area contributed by atoms with Crippen LogP contribution in [0.25, 0.3) is 0 Å². The lowest BCUT2D eigenvalue weighted by atomic mass is 10.0. The number of nitrogens with zero attached hydrogens (tertiary/aromatic N) is 6. The Morgan fingerprint density at radius 2 is 2.00 bits per heavy atom. The van der Waals surface area contributed by atoms with E-state index in [9.17, 15) is 4.79 Å². The molecule has 158 valence electrons. The van der Waals surface area contributed by atoms with E-state index in [2.05, 4.69) is 38.9 Å². The van der Waals surface area contributed by atoms with E-state index in [4.69, 9.17) is 4.52 Å². The Bertz CT molecular complexity index is 884. The third-order valence-corrected chi connectivity index (χ3v) is 6.29. The summed E-state index contributed by atoms with van der Waals surface area (Å²) in [5.41, 5.74) is 3.18. The second kappa shape index (κ2) is 8.67. The van der Waals surface area contributed by atoms with Gasteiger partial charge in [0.2, 0.25) is 0 Å². The largest absolute Gasteiger partial charge is 0.368 e. The highest BCUT2D eigenvalue weighted by Gasteiger charge is 2.25. The first-order valence-electron chi connectivity index (χ1n) is 10.7. The number of hydrogen-bond donors (Lipinski definition) is 0. The molecular weight excluding hydrogens is 368 g/mol. The molecule has 0 spiro atoms. The van der Waals surface area contributed by atoms with Gasteiger partial charge in [0.15, 0.2) is 0 Å². The molecule has 0 saturated carbocycles. The van der Waals surface area contributed by atoms with E-state index in [0.29, 0.717) is 0 Å². The van der Waals surface area contributed by atoms with Crippen LogP contribution >= 0.6 is 0 Å². The van der Waals surface area contributed by atoms with E-state index in [1.807, 2.05) is 13.1 Å². The molecule has 4 rings (SSSR count). The molecule has 0 aliphatic carbocycles. The van der Waals surface area contributed by atoms with Crippen molar-refractivity contribution >= 4 is 5.69 Å². The Balaban J connectivity index is 1.45. The molecule has 4 heterocycles. The quantitative estimate of drug-likeness (QED) is 0.756. The molecule has 2 saturated heterocycles. The molecule has 2 fully saturated rings. The van der Waals surface area contributed by atoms with Crippen molar-refractivity contribution < 1.29 is 4.52 Å². The summed E-state index contributed by atoms with van der Waals surface area (Å²) in [6.07, 6.45) is 4.79.